The molecular formula is C19H19ClN4O. The highest BCUT2D eigenvalue weighted by Gasteiger charge is 2.51. The summed E-state index contributed by atoms with van der Waals surface area (Å²) in [5, 5.41) is 0.581. The van der Waals surface area contributed by atoms with Gasteiger partial charge in [-0.1, -0.05) is 30.7 Å². The third kappa shape index (κ3) is 2.42. The molecule has 0 fully saturated rings. The minimum atomic E-state index is -0.909. The Morgan fingerprint density at radius 2 is 2.08 bits per heavy atom. The monoisotopic (exact) mass is 354 g/mol. The zero-order valence-corrected chi connectivity index (χ0v) is 14.9. The molecule has 1 amide bonds. The van der Waals surface area contributed by atoms with Gasteiger partial charge < -0.3 is 5.73 Å². The van der Waals surface area contributed by atoms with Gasteiger partial charge in [-0.15, -0.1) is 0 Å². The van der Waals surface area contributed by atoms with E-state index in [9.17, 15) is 4.79 Å². The van der Waals surface area contributed by atoms with E-state index in [1.165, 1.54) is 4.90 Å². The SMILES string of the molecule is C[C@H]1Cc2ccc(-c3cncc(Cl)c3)cc2C2(C1)N=C(N)N(C)C2=O. The van der Waals surface area contributed by atoms with Gasteiger partial charge in [0.05, 0.1) is 5.02 Å². The number of aliphatic imine (C=N–C) groups is 1. The molecule has 1 aromatic heterocycles. The number of likely N-dealkylation sites (N-methyl/N-ethyl adjacent to an activating group) is 1. The number of guanidine groups is 1. The standard InChI is InChI=1S/C19H19ClN4O/c1-11-5-13-4-3-12(14-6-15(20)10-22-9-14)7-16(13)19(8-11)17(25)24(2)18(21)23-19/h3-4,6-7,9-11H,5,8H2,1-2H3,(H2,21,23)/t11-,19?/m0/s1. The minimum Gasteiger partial charge on any atom is -0.369 e. The zero-order chi connectivity index (χ0) is 17.8. The van der Waals surface area contributed by atoms with E-state index >= 15 is 0 Å². The Kier molecular flexibility index (Phi) is 3.58. The van der Waals surface area contributed by atoms with Crippen molar-refractivity contribution in [2.24, 2.45) is 16.6 Å². The van der Waals surface area contributed by atoms with Crippen LogP contribution >= 0.6 is 11.6 Å². The van der Waals surface area contributed by atoms with Gasteiger partial charge in [-0.25, -0.2) is 4.99 Å². The van der Waals surface area contributed by atoms with Crippen LogP contribution in [0.4, 0.5) is 0 Å². The Hall–Kier alpha value is -2.40. The zero-order valence-electron chi connectivity index (χ0n) is 14.2. The maximum atomic E-state index is 13.0. The average molecular weight is 355 g/mol. The first-order valence-electron chi connectivity index (χ1n) is 8.28. The maximum absolute atomic E-state index is 13.0. The van der Waals surface area contributed by atoms with Crippen LogP contribution in [-0.2, 0) is 16.8 Å². The summed E-state index contributed by atoms with van der Waals surface area (Å²) in [6.07, 6.45) is 4.97. The number of nitrogens with two attached hydrogens (primary N) is 1. The highest BCUT2D eigenvalue weighted by atomic mass is 35.5. The molecular weight excluding hydrogens is 336 g/mol. The third-order valence-electron chi connectivity index (χ3n) is 5.11. The maximum Gasteiger partial charge on any atom is 0.261 e. The van der Waals surface area contributed by atoms with E-state index in [0.717, 1.165) is 28.7 Å². The van der Waals surface area contributed by atoms with Crippen molar-refractivity contribution in [2.45, 2.75) is 25.3 Å². The van der Waals surface area contributed by atoms with Crippen LogP contribution in [-0.4, -0.2) is 28.8 Å². The second-order valence-corrected chi connectivity index (χ2v) is 7.41. The molecule has 1 aliphatic heterocycles. The van der Waals surface area contributed by atoms with E-state index in [-0.39, 0.29) is 11.9 Å². The lowest BCUT2D eigenvalue weighted by molar-refractivity contribution is -0.131. The van der Waals surface area contributed by atoms with E-state index in [2.05, 4.69) is 23.0 Å². The van der Waals surface area contributed by atoms with Crippen molar-refractivity contribution in [3.05, 3.63) is 52.8 Å². The Bertz CT molecular complexity index is 910. The van der Waals surface area contributed by atoms with Gasteiger partial charge in [0.15, 0.2) is 11.5 Å². The molecule has 0 bridgehead atoms. The number of hydrogen-bond acceptors (Lipinski definition) is 4. The van der Waals surface area contributed by atoms with Crippen molar-refractivity contribution in [1.29, 1.82) is 0 Å². The normalized spacial score (nSPS) is 25.2. The summed E-state index contributed by atoms with van der Waals surface area (Å²) in [6.45, 7) is 2.15. The summed E-state index contributed by atoms with van der Waals surface area (Å²) in [6, 6.07) is 8.05. The molecule has 4 rings (SSSR count). The molecule has 128 valence electrons. The Balaban J connectivity index is 1.91. The number of amides is 1. The van der Waals surface area contributed by atoms with Gasteiger partial charge in [0.25, 0.3) is 5.91 Å². The van der Waals surface area contributed by atoms with Crippen LogP contribution < -0.4 is 5.73 Å². The molecule has 5 nitrogen and oxygen atoms in total. The number of carbonyl (C=O) groups is 1. The van der Waals surface area contributed by atoms with Crippen molar-refractivity contribution >= 4 is 23.5 Å². The summed E-state index contributed by atoms with van der Waals surface area (Å²) >= 11 is 6.08. The minimum absolute atomic E-state index is 0.0563. The number of nitrogens with zero attached hydrogens (tertiary/aromatic N) is 3. The molecule has 25 heavy (non-hydrogen) atoms. The fraction of sp³-hybridized carbons (Fsp3) is 0.316. The number of fused-ring (bicyclic) bond motifs is 2. The summed E-state index contributed by atoms with van der Waals surface area (Å²) in [4.78, 5) is 23.2. The van der Waals surface area contributed by atoms with Gasteiger partial charge in [-0.2, -0.15) is 0 Å². The molecule has 1 aromatic carbocycles. The van der Waals surface area contributed by atoms with Crippen molar-refractivity contribution in [3.63, 3.8) is 0 Å². The van der Waals surface area contributed by atoms with Crippen LogP contribution in [0.2, 0.25) is 5.02 Å². The highest BCUT2D eigenvalue weighted by Crippen LogP contribution is 2.45. The number of aromatic nitrogens is 1. The number of hydrogen-bond donors (Lipinski definition) is 1. The summed E-state index contributed by atoms with van der Waals surface area (Å²) in [5.41, 5.74) is 9.05. The second kappa shape index (κ2) is 5.56. The lowest BCUT2D eigenvalue weighted by Gasteiger charge is -2.35. The fourth-order valence-corrected chi connectivity index (χ4v) is 4.13. The quantitative estimate of drug-likeness (QED) is 0.855. The molecule has 2 heterocycles. The van der Waals surface area contributed by atoms with Gasteiger partial charge in [0, 0.05) is 25.0 Å². The van der Waals surface area contributed by atoms with E-state index in [1.807, 2.05) is 18.2 Å². The Labute approximate surface area is 151 Å². The van der Waals surface area contributed by atoms with Gasteiger partial charge in [0.1, 0.15) is 0 Å². The molecule has 6 heteroatoms. The van der Waals surface area contributed by atoms with Gasteiger partial charge in [0.2, 0.25) is 0 Å². The van der Waals surface area contributed by atoms with Crippen LogP contribution in [0.25, 0.3) is 11.1 Å². The van der Waals surface area contributed by atoms with Crippen LogP contribution in [0, 0.1) is 5.92 Å². The predicted octanol–water partition coefficient (Wildman–Crippen LogP) is 2.97. The summed E-state index contributed by atoms with van der Waals surface area (Å²) < 4.78 is 0. The number of pyridine rings is 1. The first-order chi connectivity index (χ1) is 11.9. The van der Waals surface area contributed by atoms with Crippen LogP contribution in [0.15, 0.2) is 41.7 Å². The van der Waals surface area contributed by atoms with E-state index in [4.69, 9.17) is 17.3 Å². The van der Waals surface area contributed by atoms with E-state index < -0.39 is 5.54 Å². The number of halogens is 1. The molecule has 2 aliphatic rings. The number of carbonyl (C=O) groups excluding carboxylic acids is 1. The van der Waals surface area contributed by atoms with Gasteiger partial charge in [-0.05, 0) is 47.6 Å². The molecule has 2 N–H and O–H groups in total. The summed E-state index contributed by atoms with van der Waals surface area (Å²) in [5.74, 6) is 0.581. The molecule has 1 spiro atoms. The molecule has 0 saturated heterocycles. The third-order valence-corrected chi connectivity index (χ3v) is 5.32. The first kappa shape index (κ1) is 16.1. The lowest BCUT2D eigenvalue weighted by Crippen LogP contribution is -2.43. The molecule has 2 aromatic rings. The van der Waals surface area contributed by atoms with Gasteiger partial charge >= 0.3 is 0 Å². The topological polar surface area (TPSA) is 71.6 Å². The van der Waals surface area contributed by atoms with Crippen molar-refractivity contribution in [2.75, 3.05) is 7.05 Å². The van der Waals surface area contributed by atoms with Crippen molar-refractivity contribution in [3.8, 4) is 11.1 Å². The molecule has 0 radical (unpaired) electrons. The van der Waals surface area contributed by atoms with Crippen LogP contribution in [0.3, 0.4) is 0 Å². The summed E-state index contributed by atoms with van der Waals surface area (Å²) in [7, 11) is 1.68. The van der Waals surface area contributed by atoms with Crippen LogP contribution in [0.5, 0.6) is 0 Å². The predicted molar refractivity (Wildman–Crippen MR) is 98.2 cm³/mol. The first-order valence-corrected chi connectivity index (χ1v) is 8.66. The van der Waals surface area contributed by atoms with Crippen molar-refractivity contribution < 1.29 is 4.79 Å². The second-order valence-electron chi connectivity index (χ2n) is 6.97. The Morgan fingerprint density at radius 3 is 2.76 bits per heavy atom. The van der Waals surface area contributed by atoms with Gasteiger partial charge in [-0.3, -0.25) is 14.7 Å². The molecule has 0 saturated carbocycles. The fourth-order valence-electron chi connectivity index (χ4n) is 3.96. The van der Waals surface area contributed by atoms with E-state index in [0.29, 0.717) is 17.4 Å². The number of benzene rings is 1. The van der Waals surface area contributed by atoms with E-state index in [1.54, 1.807) is 19.4 Å². The highest BCUT2D eigenvalue weighted by molar-refractivity contribution is 6.30. The average Bonchev–Trinajstić information content (AvgIpc) is 2.79. The van der Waals surface area contributed by atoms with Crippen LogP contribution in [0.1, 0.15) is 24.5 Å². The lowest BCUT2D eigenvalue weighted by atomic mass is 9.71. The molecule has 1 unspecified atom stereocenters. The molecule has 1 aliphatic carbocycles. The Morgan fingerprint density at radius 1 is 1.28 bits per heavy atom. The largest absolute Gasteiger partial charge is 0.369 e. The molecule has 2 atom stereocenters. The number of rotatable bonds is 1. The van der Waals surface area contributed by atoms with Crippen molar-refractivity contribution in [1.82, 2.24) is 9.88 Å². The smallest absolute Gasteiger partial charge is 0.261 e.